The molecule has 0 amide bonds. The molecule has 0 unspecified atom stereocenters. The van der Waals surface area contributed by atoms with Gasteiger partial charge in [-0.05, 0) is 12.8 Å². The van der Waals surface area contributed by atoms with Crippen LogP contribution in [0.1, 0.15) is 38.5 Å². The van der Waals surface area contributed by atoms with E-state index in [4.69, 9.17) is 0 Å². The summed E-state index contributed by atoms with van der Waals surface area (Å²) in [5, 5.41) is 0. The van der Waals surface area contributed by atoms with Gasteiger partial charge in [0.25, 0.3) is 0 Å². The molecule has 0 aromatic heterocycles. The summed E-state index contributed by atoms with van der Waals surface area (Å²) >= 11 is 0. The fourth-order valence-corrected chi connectivity index (χ4v) is 1.67. The molecule has 7 heteroatoms. The molecule has 0 saturated carbocycles. The van der Waals surface area contributed by atoms with Crippen LogP contribution in [-0.4, -0.2) is 25.1 Å². The van der Waals surface area contributed by atoms with Crippen LogP contribution >= 0.6 is 0 Å². The number of rotatable bonds is 8. The van der Waals surface area contributed by atoms with Crippen LogP contribution in [-0.2, 0) is 10.1 Å². The molecular formula is C8H15F2KO3S. The van der Waals surface area contributed by atoms with Gasteiger partial charge >= 0.3 is 51.4 Å². The minimum absolute atomic E-state index is 0. The molecule has 0 aromatic rings. The number of unbranched alkanes of at least 4 members (excludes halogenated alkanes) is 4. The van der Waals surface area contributed by atoms with E-state index in [1.165, 1.54) is 0 Å². The molecule has 0 heterocycles. The van der Waals surface area contributed by atoms with E-state index in [1.54, 1.807) is 0 Å². The van der Waals surface area contributed by atoms with Gasteiger partial charge in [-0.15, -0.1) is 0 Å². The monoisotopic (exact) mass is 268 g/mol. The summed E-state index contributed by atoms with van der Waals surface area (Å²) in [6.45, 7) is 0. The smallest absolute Gasteiger partial charge is 0.748 e. The molecule has 0 aromatic carbocycles. The summed E-state index contributed by atoms with van der Waals surface area (Å²) in [4.78, 5) is 0. The zero-order valence-electron chi connectivity index (χ0n) is 8.92. The maximum atomic E-state index is 11.6. The largest absolute Gasteiger partial charge is 1.00 e. The van der Waals surface area contributed by atoms with Gasteiger partial charge < -0.3 is 4.55 Å². The first-order valence-corrected chi connectivity index (χ1v) is 6.21. The van der Waals surface area contributed by atoms with Crippen LogP contribution in [0.3, 0.4) is 0 Å². The van der Waals surface area contributed by atoms with E-state index >= 15 is 0 Å². The van der Waals surface area contributed by atoms with E-state index in [2.05, 4.69) is 0 Å². The van der Waals surface area contributed by atoms with Gasteiger partial charge in [0.2, 0.25) is 6.43 Å². The molecule has 0 aliphatic carbocycles. The van der Waals surface area contributed by atoms with Crippen LogP contribution in [0, 0.1) is 0 Å². The summed E-state index contributed by atoms with van der Waals surface area (Å²) < 4.78 is 53.8. The zero-order valence-corrected chi connectivity index (χ0v) is 12.9. The van der Waals surface area contributed by atoms with Crippen molar-refractivity contribution in [3.8, 4) is 0 Å². The van der Waals surface area contributed by atoms with Crippen molar-refractivity contribution >= 4 is 10.1 Å². The van der Waals surface area contributed by atoms with Crippen LogP contribution in [0.5, 0.6) is 0 Å². The molecule has 0 atom stereocenters. The molecule has 86 valence electrons. The average molecular weight is 268 g/mol. The Hall–Kier alpha value is 1.41. The van der Waals surface area contributed by atoms with Gasteiger partial charge in [0.15, 0.2) is 0 Å². The summed E-state index contributed by atoms with van der Waals surface area (Å²) in [5.41, 5.74) is 0. The Bertz CT molecular complexity index is 232. The molecule has 0 saturated heterocycles. The Balaban J connectivity index is 0. The molecule has 0 aliphatic rings. The third-order valence-corrected chi connectivity index (χ3v) is 2.61. The SMILES string of the molecule is O=S(=O)([O-])CCCCCCCC(F)F.[K+]. The van der Waals surface area contributed by atoms with Gasteiger partial charge in [0.1, 0.15) is 0 Å². The Labute approximate surface area is 132 Å². The van der Waals surface area contributed by atoms with Crippen molar-refractivity contribution in [2.75, 3.05) is 5.75 Å². The summed E-state index contributed by atoms with van der Waals surface area (Å²) in [6.07, 6.45) is 0.440. The van der Waals surface area contributed by atoms with Crippen LogP contribution in [0.2, 0.25) is 0 Å². The van der Waals surface area contributed by atoms with E-state index in [0.717, 1.165) is 0 Å². The fraction of sp³-hybridized carbons (Fsp3) is 1.00. The van der Waals surface area contributed by atoms with Gasteiger partial charge in [-0.2, -0.15) is 0 Å². The molecule has 0 spiro atoms. The van der Waals surface area contributed by atoms with Crippen molar-refractivity contribution in [2.24, 2.45) is 0 Å². The van der Waals surface area contributed by atoms with Crippen molar-refractivity contribution in [3.05, 3.63) is 0 Å². The summed E-state index contributed by atoms with van der Waals surface area (Å²) in [6, 6.07) is 0. The minimum Gasteiger partial charge on any atom is -0.748 e. The number of hydrogen-bond donors (Lipinski definition) is 0. The quantitative estimate of drug-likeness (QED) is 0.327. The molecule has 0 radical (unpaired) electrons. The molecular weight excluding hydrogens is 253 g/mol. The van der Waals surface area contributed by atoms with Crippen molar-refractivity contribution in [1.29, 1.82) is 0 Å². The van der Waals surface area contributed by atoms with Gasteiger partial charge in [-0.3, -0.25) is 0 Å². The first kappa shape index (κ1) is 18.8. The van der Waals surface area contributed by atoms with Crippen LogP contribution in [0.15, 0.2) is 0 Å². The van der Waals surface area contributed by atoms with Gasteiger partial charge in [-0.1, -0.05) is 19.3 Å². The van der Waals surface area contributed by atoms with Gasteiger partial charge in [-0.25, -0.2) is 17.2 Å². The third kappa shape index (κ3) is 18.0. The molecule has 15 heavy (non-hydrogen) atoms. The van der Waals surface area contributed by atoms with E-state index in [-0.39, 0.29) is 63.6 Å². The first-order valence-electron chi connectivity index (χ1n) is 4.63. The van der Waals surface area contributed by atoms with Gasteiger partial charge in [0.05, 0.1) is 10.1 Å². The van der Waals surface area contributed by atoms with Gasteiger partial charge in [0, 0.05) is 12.2 Å². The standard InChI is InChI=1S/C8H16F2O3S.K/c9-8(10)6-4-2-1-3-5-7-14(11,12)13;/h8H,1-7H2,(H,11,12,13);/q;+1/p-1. The molecule has 0 aliphatic heterocycles. The molecule has 0 rings (SSSR count). The maximum Gasteiger partial charge on any atom is 1.00 e. The Kier molecular flexibility index (Phi) is 13.2. The zero-order chi connectivity index (χ0) is 11.0. The van der Waals surface area contributed by atoms with Crippen LogP contribution in [0.4, 0.5) is 8.78 Å². The Morgan fingerprint density at radius 2 is 1.47 bits per heavy atom. The Morgan fingerprint density at radius 3 is 1.93 bits per heavy atom. The second-order valence-corrected chi connectivity index (χ2v) is 4.73. The molecule has 0 fully saturated rings. The van der Waals surface area contributed by atoms with Crippen molar-refractivity contribution in [1.82, 2.24) is 0 Å². The van der Waals surface area contributed by atoms with Crippen LogP contribution < -0.4 is 51.4 Å². The van der Waals surface area contributed by atoms with Crippen molar-refractivity contribution in [3.63, 3.8) is 0 Å². The maximum absolute atomic E-state index is 11.6. The normalized spacial score (nSPS) is 11.5. The second-order valence-electron chi connectivity index (χ2n) is 3.21. The predicted molar refractivity (Wildman–Crippen MR) is 48.3 cm³/mol. The molecule has 0 N–H and O–H groups in total. The second kappa shape index (κ2) is 10.6. The number of alkyl halides is 2. The summed E-state index contributed by atoms with van der Waals surface area (Å²) in [5.74, 6) is -0.345. The van der Waals surface area contributed by atoms with E-state index in [1.807, 2.05) is 0 Å². The Morgan fingerprint density at radius 1 is 1.00 bits per heavy atom. The third-order valence-electron chi connectivity index (χ3n) is 1.82. The van der Waals surface area contributed by atoms with Crippen molar-refractivity contribution in [2.45, 2.75) is 45.0 Å². The van der Waals surface area contributed by atoms with E-state index in [9.17, 15) is 21.8 Å². The molecule has 0 bridgehead atoms. The minimum atomic E-state index is -4.10. The predicted octanol–water partition coefficient (Wildman–Crippen LogP) is -0.859. The topological polar surface area (TPSA) is 57.2 Å². The summed E-state index contributed by atoms with van der Waals surface area (Å²) in [7, 11) is -4.10. The number of halogens is 2. The number of hydrogen-bond acceptors (Lipinski definition) is 3. The van der Waals surface area contributed by atoms with E-state index < -0.39 is 16.5 Å². The first-order chi connectivity index (χ1) is 6.42. The van der Waals surface area contributed by atoms with E-state index in [0.29, 0.717) is 32.1 Å². The fourth-order valence-electron chi connectivity index (χ4n) is 1.11. The average Bonchev–Trinajstić information content (AvgIpc) is 2.00. The molecule has 3 nitrogen and oxygen atoms in total. The van der Waals surface area contributed by atoms with Crippen LogP contribution in [0.25, 0.3) is 0 Å². The van der Waals surface area contributed by atoms with Crippen molar-refractivity contribution < 1.29 is 73.1 Å².